The van der Waals surface area contributed by atoms with Gasteiger partial charge in [-0.3, -0.25) is 9.36 Å². The van der Waals surface area contributed by atoms with E-state index in [-0.39, 0.29) is 25.5 Å². The molecule has 25 heavy (non-hydrogen) atoms. The molecule has 2 heterocycles. The number of imidazole rings is 1. The molecular weight excluding hydrogens is 321 g/mol. The van der Waals surface area contributed by atoms with E-state index in [9.17, 15) is 14.3 Å². The number of fused-ring (bicyclic) bond motifs is 1. The van der Waals surface area contributed by atoms with Crippen molar-refractivity contribution in [1.82, 2.24) is 14.5 Å². The lowest BCUT2D eigenvalue weighted by Crippen LogP contribution is -2.37. The van der Waals surface area contributed by atoms with Crippen LogP contribution in [0.15, 0.2) is 54.9 Å². The lowest BCUT2D eigenvalue weighted by Gasteiger charge is -2.22. The molecule has 5 nitrogen and oxygen atoms in total. The summed E-state index contributed by atoms with van der Waals surface area (Å²) in [5, 5.41) is 9.35. The van der Waals surface area contributed by atoms with E-state index in [1.54, 1.807) is 18.5 Å². The fourth-order valence-electron chi connectivity index (χ4n) is 3.38. The predicted molar refractivity (Wildman–Crippen MR) is 92.5 cm³/mol. The molecule has 3 aromatic rings. The molecule has 6 heteroatoms. The molecule has 0 radical (unpaired) electrons. The number of amides is 1. The van der Waals surface area contributed by atoms with Crippen molar-refractivity contribution in [3.63, 3.8) is 0 Å². The van der Waals surface area contributed by atoms with E-state index in [0.29, 0.717) is 5.56 Å². The number of carbonyl (C=O) groups excluding carboxylic acids is 1. The minimum absolute atomic E-state index is 0.0397. The first-order valence-corrected chi connectivity index (χ1v) is 8.26. The van der Waals surface area contributed by atoms with E-state index in [0.717, 1.165) is 16.7 Å². The van der Waals surface area contributed by atoms with Crippen LogP contribution in [0.3, 0.4) is 0 Å². The van der Waals surface area contributed by atoms with Crippen LogP contribution < -0.4 is 0 Å². The molecule has 4 rings (SSSR count). The summed E-state index contributed by atoms with van der Waals surface area (Å²) in [5.74, 6) is -0.249. The second-order valence-electron chi connectivity index (χ2n) is 6.28. The molecule has 1 saturated heterocycles. The molecule has 1 fully saturated rings. The Labute approximate surface area is 144 Å². The number of aliphatic hydroxyl groups excluding tert-OH is 1. The Hall–Kier alpha value is -2.73. The monoisotopic (exact) mass is 339 g/mol. The van der Waals surface area contributed by atoms with Gasteiger partial charge in [0, 0.05) is 17.7 Å². The Morgan fingerprint density at radius 3 is 2.72 bits per heavy atom. The summed E-state index contributed by atoms with van der Waals surface area (Å²) in [6.45, 7) is -0.177. The molecular formula is C19H18FN3O2. The van der Waals surface area contributed by atoms with E-state index in [1.165, 1.54) is 4.90 Å². The van der Waals surface area contributed by atoms with Crippen LogP contribution in [0.25, 0.3) is 16.7 Å². The lowest BCUT2D eigenvalue weighted by atomic mass is 10.1. The molecule has 0 spiro atoms. The zero-order valence-corrected chi connectivity index (χ0v) is 13.5. The van der Waals surface area contributed by atoms with Crippen LogP contribution in [0, 0.1) is 0 Å². The molecule has 1 aliphatic heterocycles. The quantitative estimate of drug-likeness (QED) is 0.798. The van der Waals surface area contributed by atoms with Crippen molar-refractivity contribution in [2.45, 2.75) is 18.6 Å². The summed E-state index contributed by atoms with van der Waals surface area (Å²) >= 11 is 0. The molecule has 1 aliphatic rings. The summed E-state index contributed by atoms with van der Waals surface area (Å²) in [6, 6.07) is 14.5. The van der Waals surface area contributed by atoms with Gasteiger partial charge < -0.3 is 10.0 Å². The van der Waals surface area contributed by atoms with Gasteiger partial charge in [0.05, 0.1) is 30.2 Å². The number of likely N-dealkylation sites (tertiary alicyclic amines) is 1. The lowest BCUT2D eigenvalue weighted by molar-refractivity contribution is 0.0673. The first kappa shape index (κ1) is 15.8. The zero-order valence-electron chi connectivity index (χ0n) is 13.5. The molecule has 0 aliphatic carbocycles. The minimum Gasteiger partial charge on any atom is -0.394 e. The van der Waals surface area contributed by atoms with Gasteiger partial charge in [0.15, 0.2) is 0 Å². The molecule has 0 saturated carbocycles. The number of hydrogen-bond acceptors (Lipinski definition) is 3. The fraction of sp³-hybridized carbons (Fsp3) is 0.263. The summed E-state index contributed by atoms with van der Waals surface area (Å²) in [4.78, 5) is 18.4. The van der Waals surface area contributed by atoms with Crippen molar-refractivity contribution in [1.29, 1.82) is 0 Å². The molecule has 1 aromatic heterocycles. The number of nitrogens with zero attached hydrogens (tertiary/aromatic N) is 3. The van der Waals surface area contributed by atoms with Gasteiger partial charge in [0.2, 0.25) is 0 Å². The highest BCUT2D eigenvalue weighted by atomic mass is 19.1. The number of carbonyl (C=O) groups is 1. The minimum atomic E-state index is -1.07. The van der Waals surface area contributed by atoms with Crippen LogP contribution in [-0.4, -0.2) is 50.8 Å². The van der Waals surface area contributed by atoms with Gasteiger partial charge in [-0.2, -0.15) is 0 Å². The standard InChI is InChI=1S/C19H18FN3O2/c20-14-9-16(11-24)22(10-14)19(25)13-5-7-15(8-6-13)23-12-21-17-3-1-2-4-18(17)23/h1-8,12,14,16,24H,9-11H2/t14-,16-/m0/s1. The van der Waals surface area contributed by atoms with Crippen LogP contribution >= 0.6 is 0 Å². The van der Waals surface area contributed by atoms with Gasteiger partial charge in [-0.1, -0.05) is 12.1 Å². The van der Waals surface area contributed by atoms with Crippen molar-refractivity contribution in [2.24, 2.45) is 0 Å². The van der Waals surface area contributed by atoms with Gasteiger partial charge in [-0.25, -0.2) is 9.37 Å². The topological polar surface area (TPSA) is 58.4 Å². The molecule has 1 N–H and O–H groups in total. The number of benzene rings is 2. The highest BCUT2D eigenvalue weighted by Gasteiger charge is 2.35. The van der Waals surface area contributed by atoms with Gasteiger partial charge in [-0.05, 0) is 36.4 Å². The largest absolute Gasteiger partial charge is 0.394 e. The molecule has 1 amide bonds. The maximum absolute atomic E-state index is 13.6. The number of hydrogen-bond donors (Lipinski definition) is 1. The average molecular weight is 339 g/mol. The summed E-state index contributed by atoms with van der Waals surface area (Å²) < 4.78 is 15.5. The fourth-order valence-corrected chi connectivity index (χ4v) is 3.38. The van der Waals surface area contributed by atoms with Crippen molar-refractivity contribution < 1.29 is 14.3 Å². The van der Waals surface area contributed by atoms with Gasteiger partial charge in [-0.15, -0.1) is 0 Å². The van der Waals surface area contributed by atoms with Crippen molar-refractivity contribution in [2.75, 3.05) is 13.2 Å². The third-order valence-electron chi connectivity index (χ3n) is 4.68. The van der Waals surface area contributed by atoms with E-state index in [2.05, 4.69) is 4.98 Å². The van der Waals surface area contributed by atoms with E-state index >= 15 is 0 Å². The van der Waals surface area contributed by atoms with Gasteiger partial charge in [0.1, 0.15) is 12.5 Å². The maximum Gasteiger partial charge on any atom is 0.254 e. The Kier molecular flexibility index (Phi) is 3.97. The third-order valence-corrected chi connectivity index (χ3v) is 4.68. The molecule has 0 unspecified atom stereocenters. The van der Waals surface area contributed by atoms with E-state index < -0.39 is 12.2 Å². The number of alkyl halides is 1. The molecule has 128 valence electrons. The average Bonchev–Trinajstić information content (AvgIpc) is 3.24. The van der Waals surface area contributed by atoms with Crippen molar-refractivity contribution in [3.05, 3.63) is 60.4 Å². The number of aromatic nitrogens is 2. The maximum atomic E-state index is 13.6. The Balaban J connectivity index is 1.61. The predicted octanol–water partition coefficient (Wildman–Crippen LogP) is 2.57. The molecule has 2 atom stereocenters. The summed E-state index contributed by atoms with van der Waals surface area (Å²) in [6.07, 6.45) is 0.872. The van der Waals surface area contributed by atoms with Crippen LogP contribution in [0.4, 0.5) is 4.39 Å². The highest BCUT2D eigenvalue weighted by molar-refractivity contribution is 5.95. The van der Waals surface area contributed by atoms with E-state index in [1.807, 2.05) is 41.0 Å². The number of aliphatic hydroxyl groups is 1. The second kappa shape index (κ2) is 6.29. The second-order valence-corrected chi connectivity index (χ2v) is 6.28. The third kappa shape index (κ3) is 2.78. The van der Waals surface area contributed by atoms with Crippen LogP contribution in [0.2, 0.25) is 0 Å². The van der Waals surface area contributed by atoms with Crippen molar-refractivity contribution >= 4 is 16.9 Å². The van der Waals surface area contributed by atoms with Crippen molar-refractivity contribution in [3.8, 4) is 5.69 Å². The number of halogens is 1. The van der Waals surface area contributed by atoms with Crippen LogP contribution in [-0.2, 0) is 0 Å². The Morgan fingerprint density at radius 2 is 1.96 bits per heavy atom. The Bertz CT molecular complexity index is 906. The first-order valence-electron chi connectivity index (χ1n) is 8.26. The smallest absolute Gasteiger partial charge is 0.254 e. The molecule has 2 aromatic carbocycles. The first-order chi connectivity index (χ1) is 12.2. The van der Waals surface area contributed by atoms with Crippen LogP contribution in [0.5, 0.6) is 0 Å². The summed E-state index contributed by atoms with van der Waals surface area (Å²) in [7, 11) is 0. The normalized spacial score (nSPS) is 20.3. The molecule has 0 bridgehead atoms. The SMILES string of the molecule is O=C(c1ccc(-n2cnc3ccccc32)cc1)N1C[C@@H](F)C[C@H]1CO. The number of rotatable bonds is 3. The zero-order chi connectivity index (χ0) is 17.4. The number of para-hydroxylation sites is 2. The van der Waals surface area contributed by atoms with Gasteiger partial charge in [0.25, 0.3) is 5.91 Å². The van der Waals surface area contributed by atoms with Gasteiger partial charge >= 0.3 is 0 Å². The van der Waals surface area contributed by atoms with E-state index in [4.69, 9.17) is 0 Å². The highest BCUT2D eigenvalue weighted by Crippen LogP contribution is 2.23. The Morgan fingerprint density at radius 1 is 1.20 bits per heavy atom. The summed E-state index contributed by atoms with van der Waals surface area (Å²) in [5.41, 5.74) is 3.27. The van der Waals surface area contributed by atoms with Crippen LogP contribution in [0.1, 0.15) is 16.8 Å².